The third kappa shape index (κ3) is 4.66. The summed E-state index contributed by atoms with van der Waals surface area (Å²) in [6, 6.07) is 0. The fourth-order valence-corrected chi connectivity index (χ4v) is 4.20. The van der Waals surface area contributed by atoms with Gasteiger partial charge in [0.15, 0.2) is 11.9 Å². The Morgan fingerprint density at radius 3 is 2.07 bits per heavy atom. The maximum atomic E-state index is 12.7. The van der Waals surface area contributed by atoms with Gasteiger partial charge in [0, 0.05) is 23.0 Å². The zero-order valence-electron chi connectivity index (χ0n) is 19.4. The zero-order valence-corrected chi connectivity index (χ0v) is 19.4. The van der Waals surface area contributed by atoms with E-state index in [-0.39, 0.29) is 17.6 Å². The van der Waals surface area contributed by atoms with Crippen LogP contribution in [0.3, 0.4) is 0 Å². The van der Waals surface area contributed by atoms with Gasteiger partial charge in [0.25, 0.3) is 0 Å². The van der Waals surface area contributed by atoms with Crippen molar-refractivity contribution in [2.24, 2.45) is 17.3 Å². The average molecular weight is 415 g/mol. The van der Waals surface area contributed by atoms with Gasteiger partial charge in [-0.2, -0.15) is 0 Å². The van der Waals surface area contributed by atoms with Gasteiger partial charge in [-0.25, -0.2) is 9.59 Å². The highest BCUT2D eigenvalue weighted by atomic mass is 16.6. The molecule has 2 aliphatic carbocycles. The lowest BCUT2D eigenvalue weighted by Crippen LogP contribution is -2.48. The number of allylic oxidation sites excluding steroid dienone is 5. The molecule has 2 rings (SSSR count). The first-order valence-corrected chi connectivity index (χ1v) is 10.5. The molecule has 0 saturated carbocycles. The summed E-state index contributed by atoms with van der Waals surface area (Å²) < 4.78 is 11.8. The predicted molar refractivity (Wildman–Crippen MR) is 117 cm³/mol. The second kappa shape index (κ2) is 9.15. The fraction of sp³-hybridized carbons (Fsp3) is 0.560. The van der Waals surface area contributed by atoms with Crippen LogP contribution in [0.25, 0.3) is 0 Å². The summed E-state index contributed by atoms with van der Waals surface area (Å²) in [7, 11) is 0. The highest BCUT2D eigenvalue weighted by molar-refractivity contribution is 5.96. The van der Waals surface area contributed by atoms with Crippen molar-refractivity contribution in [2.75, 3.05) is 0 Å². The Hall–Kier alpha value is -2.43. The summed E-state index contributed by atoms with van der Waals surface area (Å²) in [6.07, 6.45) is 6.21. The van der Waals surface area contributed by atoms with Gasteiger partial charge >= 0.3 is 11.9 Å². The number of carbonyl (C=O) groups excluding carboxylic acids is 3. The number of carbonyl (C=O) groups is 3. The fourth-order valence-electron chi connectivity index (χ4n) is 4.20. The molecule has 4 atom stereocenters. The normalized spacial score (nSPS) is 29.3. The number of Topliss-reactive ketones (excluding diaryl/α,β-unsaturated/α-hetero) is 1. The van der Waals surface area contributed by atoms with Gasteiger partial charge in [0.05, 0.1) is 0 Å². The van der Waals surface area contributed by atoms with E-state index in [0.29, 0.717) is 17.6 Å². The van der Waals surface area contributed by atoms with E-state index < -0.39 is 29.6 Å². The quantitative estimate of drug-likeness (QED) is 0.372. The molecule has 0 aromatic rings. The Balaban J connectivity index is 2.58. The SMILES string of the molecule is CC=C(C)C(=O)O[C@@H]1C=C(C)[C@@H]2CC(=O)C(C)=C[C@@H]2C(C)(C)[C@H]1OC(=O)C(C)=CC. The first-order chi connectivity index (χ1) is 13.9. The van der Waals surface area contributed by atoms with Crippen LogP contribution in [0.2, 0.25) is 0 Å². The van der Waals surface area contributed by atoms with Crippen molar-refractivity contribution in [2.45, 2.75) is 74.0 Å². The van der Waals surface area contributed by atoms with Crippen LogP contribution in [0.4, 0.5) is 0 Å². The molecule has 0 spiro atoms. The molecule has 0 saturated heterocycles. The van der Waals surface area contributed by atoms with Gasteiger partial charge in [-0.15, -0.1) is 0 Å². The van der Waals surface area contributed by atoms with Crippen LogP contribution in [0, 0.1) is 17.3 Å². The zero-order chi connectivity index (χ0) is 22.8. The molecular formula is C25H34O5. The summed E-state index contributed by atoms with van der Waals surface area (Å²) in [5, 5.41) is 0. The van der Waals surface area contributed by atoms with Crippen molar-refractivity contribution >= 4 is 17.7 Å². The number of hydrogen-bond acceptors (Lipinski definition) is 5. The van der Waals surface area contributed by atoms with Gasteiger partial charge in [-0.3, -0.25) is 4.79 Å². The molecule has 30 heavy (non-hydrogen) atoms. The Labute approximate surface area is 179 Å². The van der Waals surface area contributed by atoms with Crippen LogP contribution >= 0.6 is 0 Å². The second-order valence-electron chi connectivity index (χ2n) is 8.98. The third-order valence-corrected chi connectivity index (χ3v) is 6.60. The minimum absolute atomic E-state index is 0.0215. The number of fused-ring (bicyclic) bond motifs is 1. The molecule has 2 aliphatic rings. The maximum absolute atomic E-state index is 12.7. The van der Waals surface area contributed by atoms with Crippen molar-refractivity contribution in [1.29, 1.82) is 0 Å². The van der Waals surface area contributed by atoms with Gasteiger partial charge in [0.2, 0.25) is 0 Å². The van der Waals surface area contributed by atoms with Gasteiger partial charge in [0.1, 0.15) is 6.10 Å². The number of hydrogen-bond donors (Lipinski definition) is 0. The van der Waals surface area contributed by atoms with Gasteiger partial charge < -0.3 is 9.47 Å². The van der Waals surface area contributed by atoms with E-state index in [1.165, 1.54) is 0 Å². The highest BCUT2D eigenvalue weighted by Crippen LogP contribution is 2.49. The first-order valence-electron chi connectivity index (χ1n) is 10.5. The van der Waals surface area contributed by atoms with Crippen LogP contribution in [-0.2, 0) is 23.9 Å². The van der Waals surface area contributed by atoms with E-state index in [4.69, 9.17) is 9.47 Å². The minimum atomic E-state index is -0.745. The molecule has 5 nitrogen and oxygen atoms in total. The lowest BCUT2D eigenvalue weighted by Gasteiger charge is -2.43. The molecule has 164 valence electrons. The van der Waals surface area contributed by atoms with E-state index in [2.05, 4.69) is 0 Å². The summed E-state index contributed by atoms with van der Waals surface area (Å²) in [4.78, 5) is 37.7. The number of rotatable bonds is 4. The Bertz CT molecular complexity index is 853. The van der Waals surface area contributed by atoms with Crippen LogP contribution in [0.15, 0.2) is 46.6 Å². The molecule has 0 amide bonds. The van der Waals surface area contributed by atoms with Crippen molar-refractivity contribution in [3.05, 3.63) is 46.6 Å². The Morgan fingerprint density at radius 2 is 1.53 bits per heavy atom. The Kier molecular flexibility index (Phi) is 7.27. The molecule has 0 bridgehead atoms. The van der Waals surface area contributed by atoms with Crippen molar-refractivity contribution in [3.63, 3.8) is 0 Å². The van der Waals surface area contributed by atoms with Crippen molar-refractivity contribution in [1.82, 2.24) is 0 Å². The van der Waals surface area contributed by atoms with Crippen molar-refractivity contribution in [3.8, 4) is 0 Å². The molecule has 5 heteroatoms. The predicted octanol–water partition coefficient (Wildman–Crippen LogP) is 4.88. The van der Waals surface area contributed by atoms with E-state index in [1.807, 2.05) is 39.8 Å². The highest BCUT2D eigenvalue weighted by Gasteiger charge is 2.51. The molecule has 0 fully saturated rings. The van der Waals surface area contributed by atoms with E-state index in [9.17, 15) is 14.4 Å². The van der Waals surface area contributed by atoms with Gasteiger partial charge in [-0.05, 0) is 65.0 Å². The minimum Gasteiger partial charge on any atom is -0.454 e. The molecular weight excluding hydrogens is 380 g/mol. The summed E-state index contributed by atoms with van der Waals surface area (Å²) >= 11 is 0. The Morgan fingerprint density at radius 1 is 1.00 bits per heavy atom. The van der Waals surface area contributed by atoms with Crippen LogP contribution in [-0.4, -0.2) is 29.9 Å². The molecule has 0 heterocycles. The monoisotopic (exact) mass is 414 g/mol. The van der Waals surface area contributed by atoms with Crippen LogP contribution in [0.5, 0.6) is 0 Å². The average Bonchev–Trinajstić information content (AvgIpc) is 2.76. The summed E-state index contributed by atoms with van der Waals surface area (Å²) in [6.45, 7) is 14.8. The third-order valence-electron chi connectivity index (χ3n) is 6.60. The number of esters is 2. The summed E-state index contributed by atoms with van der Waals surface area (Å²) in [5.41, 5.74) is 2.11. The second-order valence-corrected chi connectivity index (χ2v) is 8.98. The van der Waals surface area contributed by atoms with Crippen LogP contribution in [0.1, 0.15) is 61.8 Å². The first kappa shape index (κ1) is 23.8. The number of ketones is 1. The topological polar surface area (TPSA) is 69.7 Å². The standard InChI is InChI=1S/C25H34O5/c1-9-14(3)23(27)29-21-12-16(5)18-13-20(26)17(6)11-19(18)25(7,8)22(21)30-24(28)15(4)10-2/h9-12,18-19,21-22H,13H2,1-8H3/t18-,19-,21+,22-/m0/s1. The van der Waals surface area contributed by atoms with Gasteiger partial charge in [-0.1, -0.05) is 37.6 Å². The smallest absolute Gasteiger partial charge is 0.334 e. The maximum Gasteiger partial charge on any atom is 0.334 e. The molecule has 0 unspecified atom stereocenters. The molecule has 0 N–H and O–H groups in total. The molecule has 0 aromatic heterocycles. The van der Waals surface area contributed by atoms with Crippen molar-refractivity contribution < 1.29 is 23.9 Å². The largest absolute Gasteiger partial charge is 0.454 e. The molecule has 0 aliphatic heterocycles. The molecule has 0 aromatic carbocycles. The number of ether oxygens (including phenoxy) is 2. The summed E-state index contributed by atoms with van der Waals surface area (Å²) in [5.74, 6) is -0.804. The van der Waals surface area contributed by atoms with E-state index in [0.717, 1.165) is 11.1 Å². The van der Waals surface area contributed by atoms with E-state index >= 15 is 0 Å². The lowest BCUT2D eigenvalue weighted by molar-refractivity contribution is -0.171. The molecule has 0 radical (unpaired) electrons. The van der Waals surface area contributed by atoms with E-state index in [1.54, 1.807) is 39.8 Å². The lowest BCUT2D eigenvalue weighted by atomic mass is 9.63. The van der Waals surface area contributed by atoms with Crippen LogP contribution < -0.4 is 0 Å².